The second-order valence-corrected chi connectivity index (χ2v) is 3.11. The van der Waals surface area contributed by atoms with Gasteiger partial charge < -0.3 is 4.74 Å². The van der Waals surface area contributed by atoms with Crippen molar-refractivity contribution < 1.29 is 9.53 Å². The number of hydrogen-bond acceptors (Lipinski definition) is 4. The van der Waals surface area contributed by atoms with Crippen LogP contribution in [0.1, 0.15) is 16.2 Å². The number of esters is 1. The number of aromatic nitrogens is 2. The minimum atomic E-state index is -0.439. The summed E-state index contributed by atoms with van der Waals surface area (Å²) in [5, 5.41) is 0. The van der Waals surface area contributed by atoms with Gasteiger partial charge in [0.2, 0.25) is 0 Å². The predicted molar refractivity (Wildman–Crippen MR) is 57.6 cm³/mol. The lowest BCUT2D eigenvalue weighted by atomic mass is 10.3. The molecule has 0 spiro atoms. The standard InChI is InChI=1S/C12H10N2O2/c15-12(11-6-2-4-8-14-11)16-9-10-5-1-3-7-13-10/h1-8H,9H2. The summed E-state index contributed by atoms with van der Waals surface area (Å²) in [7, 11) is 0. The molecular formula is C12H10N2O2. The Balaban J connectivity index is 1.95. The van der Waals surface area contributed by atoms with Crippen LogP contribution in [-0.4, -0.2) is 15.9 Å². The van der Waals surface area contributed by atoms with Gasteiger partial charge >= 0.3 is 5.97 Å². The summed E-state index contributed by atoms with van der Waals surface area (Å²) in [6.45, 7) is 0.163. The van der Waals surface area contributed by atoms with Crippen LogP contribution >= 0.6 is 0 Å². The number of nitrogens with zero attached hydrogens (tertiary/aromatic N) is 2. The molecule has 0 fully saturated rings. The molecular weight excluding hydrogens is 204 g/mol. The zero-order valence-corrected chi connectivity index (χ0v) is 8.54. The van der Waals surface area contributed by atoms with Crippen LogP contribution in [0.2, 0.25) is 0 Å². The molecule has 0 saturated carbocycles. The minimum absolute atomic E-state index is 0.163. The molecule has 2 aromatic heterocycles. The fourth-order valence-corrected chi connectivity index (χ4v) is 1.18. The molecule has 0 atom stereocenters. The molecule has 0 amide bonds. The SMILES string of the molecule is O=C(OCc1ccccn1)c1ccccn1. The van der Waals surface area contributed by atoms with E-state index in [0.717, 1.165) is 0 Å². The maximum Gasteiger partial charge on any atom is 0.357 e. The van der Waals surface area contributed by atoms with Crippen molar-refractivity contribution in [2.24, 2.45) is 0 Å². The van der Waals surface area contributed by atoms with E-state index < -0.39 is 5.97 Å². The molecule has 0 radical (unpaired) electrons. The first-order valence-electron chi connectivity index (χ1n) is 4.84. The van der Waals surface area contributed by atoms with Gasteiger partial charge in [-0.2, -0.15) is 0 Å². The summed E-state index contributed by atoms with van der Waals surface area (Å²) in [6, 6.07) is 10.5. The molecule has 0 N–H and O–H groups in total. The molecule has 0 aliphatic rings. The Morgan fingerprint density at radius 1 is 1.06 bits per heavy atom. The third-order valence-corrected chi connectivity index (χ3v) is 1.95. The number of carbonyl (C=O) groups is 1. The normalized spacial score (nSPS) is 9.75. The Kier molecular flexibility index (Phi) is 3.23. The van der Waals surface area contributed by atoms with E-state index in [1.165, 1.54) is 0 Å². The summed E-state index contributed by atoms with van der Waals surface area (Å²) in [6.07, 6.45) is 3.21. The molecule has 2 aromatic rings. The number of hydrogen-bond donors (Lipinski definition) is 0. The molecule has 4 nitrogen and oxygen atoms in total. The predicted octanol–water partition coefficient (Wildman–Crippen LogP) is 1.83. The quantitative estimate of drug-likeness (QED) is 0.731. The van der Waals surface area contributed by atoms with E-state index >= 15 is 0 Å². The average Bonchev–Trinajstić information content (AvgIpc) is 2.38. The third-order valence-electron chi connectivity index (χ3n) is 1.95. The lowest BCUT2D eigenvalue weighted by molar-refractivity contribution is 0.0461. The molecule has 4 heteroatoms. The van der Waals surface area contributed by atoms with Gasteiger partial charge in [0.05, 0.1) is 5.69 Å². The van der Waals surface area contributed by atoms with E-state index in [1.54, 1.807) is 36.7 Å². The highest BCUT2D eigenvalue weighted by Crippen LogP contribution is 2.01. The van der Waals surface area contributed by atoms with Gasteiger partial charge in [-0.1, -0.05) is 12.1 Å². The molecule has 0 aliphatic heterocycles. The van der Waals surface area contributed by atoms with E-state index in [1.807, 2.05) is 12.1 Å². The number of ether oxygens (including phenoxy) is 1. The van der Waals surface area contributed by atoms with Crippen LogP contribution < -0.4 is 0 Å². The van der Waals surface area contributed by atoms with Crippen molar-refractivity contribution in [1.29, 1.82) is 0 Å². The summed E-state index contributed by atoms with van der Waals surface area (Å²) >= 11 is 0. The Bertz CT molecular complexity index is 457. The van der Waals surface area contributed by atoms with Crippen LogP contribution in [0.15, 0.2) is 48.8 Å². The molecule has 16 heavy (non-hydrogen) atoms. The van der Waals surface area contributed by atoms with Crippen LogP contribution in [0.4, 0.5) is 0 Å². The molecule has 80 valence electrons. The Labute approximate surface area is 92.9 Å². The second kappa shape index (κ2) is 5.02. The number of pyridine rings is 2. The highest BCUT2D eigenvalue weighted by Gasteiger charge is 2.07. The summed E-state index contributed by atoms with van der Waals surface area (Å²) in [5.41, 5.74) is 1.02. The number of rotatable bonds is 3. The van der Waals surface area contributed by atoms with Gasteiger partial charge in [0.1, 0.15) is 12.3 Å². The molecule has 0 saturated heterocycles. The summed E-state index contributed by atoms with van der Waals surface area (Å²) in [4.78, 5) is 19.4. The molecule has 2 heterocycles. The zero-order chi connectivity index (χ0) is 11.2. The van der Waals surface area contributed by atoms with Crippen molar-refractivity contribution >= 4 is 5.97 Å². The van der Waals surface area contributed by atoms with E-state index in [2.05, 4.69) is 9.97 Å². The molecule has 0 aromatic carbocycles. The lowest BCUT2D eigenvalue weighted by Gasteiger charge is -2.02. The minimum Gasteiger partial charge on any atom is -0.454 e. The van der Waals surface area contributed by atoms with Crippen molar-refractivity contribution in [3.8, 4) is 0 Å². The third kappa shape index (κ3) is 2.63. The van der Waals surface area contributed by atoms with E-state index in [9.17, 15) is 4.79 Å². The first-order chi connectivity index (χ1) is 7.86. The zero-order valence-electron chi connectivity index (χ0n) is 8.54. The van der Waals surface area contributed by atoms with Crippen molar-refractivity contribution in [2.75, 3.05) is 0 Å². The lowest BCUT2D eigenvalue weighted by Crippen LogP contribution is -2.07. The first-order valence-corrected chi connectivity index (χ1v) is 4.84. The fraction of sp³-hybridized carbons (Fsp3) is 0.0833. The molecule has 0 unspecified atom stereocenters. The van der Waals surface area contributed by atoms with Crippen LogP contribution in [0.5, 0.6) is 0 Å². The van der Waals surface area contributed by atoms with Gasteiger partial charge in [-0.05, 0) is 24.3 Å². The second-order valence-electron chi connectivity index (χ2n) is 3.11. The fourth-order valence-electron chi connectivity index (χ4n) is 1.18. The maximum absolute atomic E-state index is 11.5. The molecule has 0 aliphatic carbocycles. The van der Waals surface area contributed by atoms with Gasteiger partial charge in [-0.15, -0.1) is 0 Å². The average molecular weight is 214 g/mol. The molecule has 0 bridgehead atoms. The van der Waals surface area contributed by atoms with Crippen molar-refractivity contribution in [2.45, 2.75) is 6.61 Å². The highest BCUT2D eigenvalue weighted by atomic mass is 16.5. The van der Waals surface area contributed by atoms with Gasteiger partial charge in [-0.3, -0.25) is 4.98 Å². The number of carbonyl (C=O) groups excluding carboxylic acids is 1. The Morgan fingerprint density at radius 3 is 2.44 bits per heavy atom. The summed E-state index contributed by atoms with van der Waals surface area (Å²) < 4.78 is 5.05. The topological polar surface area (TPSA) is 52.1 Å². The van der Waals surface area contributed by atoms with Gasteiger partial charge in [0.25, 0.3) is 0 Å². The van der Waals surface area contributed by atoms with Gasteiger partial charge in [-0.25, -0.2) is 9.78 Å². The van der Waals surface area contributed by atoms with Crippen molar-refractivity contribution in [3.63, 3.8) is 0 Å². The van der Waals surface area contributed by atoms with Crippen molar-refractivity contribution in [1.82, 2.24) is 9.97 Å². The Hall–Kier alpha value is -2.23. The summed E-state index contributed by atoms with van der Waals surface area (Å²) in [5.74, 6) is -0.439. The van der Waals surface area contributed by atoms with E-state index in [4.69, 9.17) is 4.74 Å². The van der Waals surface area contributed by atoms with Crippen LogP contribution in [0.25, 0.3) is 0 Å². The first kappa shape index (κ1) is 10.3. The van der Waals surface area contributed by atoms with E-state index in [-0.39, 0.29) is 6.61 Å². The molecule has 2 rings (SSSR count). The van der Waals surface area contributed by atoms with Crippen LogP contribution in [0, 0.1) is 0 Å². The van der Waals surface area contributed by atoms with E-state index in [0.29, 0.717) is 11.4 Å². The largest absolute Gasteiger partial charge is 0.454 e. The Morgan fingerprint density at radius 2 is 1.81 bits per heavy atom. The van der Waals surface area contributed by atoms with Crippen LogP contribution in [-0.2, 0) is 11.3 Å². The monoisotopic (exact) mass is 214 g/mol. The maximum atomic E-state index is 11.5. The van der Waals surface area contributed by atoms with Crippen molar-refractivity contribution in [3.05, 3.63) is 60.2 Å². The van der Waals surface area contributed by atoms with Gasteiger partial charge in [0.15, 0.2) is 0 Å². The smallest absolute Gasteiger partial charge is 0.357 e. The van der Waals surface area contributed by atoms with Gasteiger partial charge in [0, 0.05) is 12.4 Å². The van der Waals surface area contributed by atoms with Crippen LogP contribution in [0.3, 0.4) is 0 Å². The highest BCUT2D eigenvalue weighted by molar-refractivity contribution is 5.86.